The third-order valence-corrected chi connectivity index (χ3v) is 7.11. The lowest BCUT2D eigenvalue weighted by atomic mass is 10.1. The Hall–Kier alpha value is -2.20. The zero-order valence-corrected chi connectivity index (χ0v) is 17.2. The van der Waals surface area contributed by atoms with E-state index < -0.39 is 21.1 Å². The molecule has 0 spiro atoms. The van der Waals surface area contributed by atoms with E-state index >= 15 is 0 Å². The average molecular weight is 440 g/mol. The van der Waals surface area contributed by atoms with Gasteiger partial charge in [-0.1, -0.05) is 36.2 Å². The van der Waals surface area contributed by atoms with Gasteiger partial charge in [0.05, 0.1) is 15.9 Å². The highest BCUT2D eigenvalue weighted by atomic mass is 35.5. The Morgan fingerprint density at radius 3 is 2.52 bits per heavy atom. The van der Waals surface area contributed by atoms with Gasteiger partial charge in [0.1, 0.15) is 5.69 Å². The van der Waals surface area contributed by atoms with E-state index in [2.05, 4.69) is 5.32 Å². The molecule has 0 amide bonds. The van der Waals surface area contributed by atoms with Crippen molar-refractivity contribution >= 4 is 33.0 Å². The van der Waals surface area contributed by atoms with Crippen molar-refractivity contribution in [1.82, 2.24) is 4.31 Å². The van der Waals surface area contributed by atoms with Gasteiger partial charge in [0, 0.05) is 36.3 Å². The smallest absolute Gasteiger partial charge is 0.293 e. The number of hydrogen-bond donors (Lipinski definition) is 2. The molecular weight excluding hydrogens is 418 g/mol. The summed E-state index contributed by atoms with van der Waals surface area (Å²) < 4.78 is 26.9. The summed E-state index contributed by atoms with van der Waals surface area (Å²) in [6.07, 6.45) is 1.55. The molecule has 1 saturated heterocycles. The number of nitrogens with zero attached hydrogens (tertiary/aromatic N) is 2. The van der Waals surface area contributed by atoms with Crippen LogP contribution < -0.4 is 5.32 Å². The molecule has 1 heterocycles. The molecule has 1 fully saturated rings. The van der Waals surface area contributed by atoms with E-state index in [1.807, 2.05) is 0 Å². The number of hydrogen-bond acceptors (Lipinski definition) is 6. The van der Waals surface area contributed by atoms with E-state index in [0.29, 0.717) is 23.7 Å². The Balaban J connectivity index is 1.81. The molecule has 29 heavy (non-hydrogen) atoms. The van der Waals surface area contributed by atoms with Crippen LogP contribution in [-0.2, 0) is 10.0 Å². The van der Waals surface area contributed by atoms with Gasteiger partial charge in [-0.15, -0.1) is 0 Å². The second-order valence-electron chi connectivity index (χ2n) is 6.82. The number of benzene rings is 2. The van der Waals surface area contributed by atoms with Crippen LogP contribution in [0, 0.1) is 10.1 Å². The van der Waals surface area contributed by atoms with Crippen molar-refractivity contribution in [3.63, 3.8) is 0 Å². The third kappa shape index (κ3) is 4.87. The van der Waals surface area contributed by atoms with E-state index in [0.717, 1.165) is 25.3 Å². The third-order valence-electron chi connectivity index (χ3n) is 4.87. The van der Waals surface area contributed by atoms with Crippen molar-refractivity contribution in [2.45, 2.75) is 30.3 Å². The highest BCUT2D eigenvalue weighted by Crippen LogP contribution is 2.31. The normalized spacial score (nSPS) is 16.3. The Kier molecular flexibility index (Phi) is 6.74. The fraction of sp³-hybridized carbons (Fsp3) is 0.368. The number of nitrogens with one attached hydrogen (secondary N) is 1. The second-order valence-corrected chi connectivity index (χ2v) is 9.16. The molecule has 0 bridgehead atoms. The highest BCUT2D eigenvalue weighted by molar-refractivity contribution is 7.89. The predicted octanol–water partition coefficient (Wildman–Crippen LogP) is 3.57. The molecule has 1 aliphatic rings. The molecule has 0 aliphatic carbocycles. The number of piperidine rings is 1. The number of halogens is 1. The lowest BCUT2D eigenvalue weighted by molar-refractivity contribution is -0.384. The first-order valence-corrected chi connectivity index (χ1v) is 11.1. The Morgan fingerprint density at radius 2 is 1.86 bits per heavy atom. The van der Waals surface area contributed by atoms with Gasteiger partial charge in [0.2, 0.25) is 10.0 Å². The van der Waals surface area contributed by atoms with E-state index in [1.54, 1.807) is 24.3 Å². The van der Waals surface area contributed by atoms with Gasteiger partial charge in [-0.2, -0.15) is 4.31 Å². The summed E-state index contributed by atoms with van der Waals surface area (Å²) in [4.78, 5) is 10.8. The number of aliphatic hydroxyl groups is 1. The Morgan fingerprint density at radius 1 is 1.17 bits per heavy atom. The van der Waals surface area contributed by atoms with E-state index in [-0.39, 0.29) is 22.8 Å². The Labute approximate surface area is 174 Å². The zero-order chi connectivity index (χ0) is 21.0. The molecule has 10 heteroatoms. The first-order chi connectivity index (χ1) is 13.8. The standard InChI is InChI=1S/C19H22ClN3O5S/c20-16-7-3-2-6-15(16)19(24)13-21-17-9-8-14(12-18(17)23(25)26)29(27,28)22-10-4-1-5-11-22/h2-3,6-9,12,19,21,24H,1,4-5,10-11,13H2. The molecule has 0 radical (unpaired) electrons. The molecule has 1 unspecified atom stereocenters. The minimum atomic E-state index is -3.78. The fourth-order valence-corrected chi connectivity index (χ4v) is 5.09. The minimum Gasteiger partial charge on any atom is -0.387 e. The lowest BCUT2D eigenvalue weighted by Crippen LogP contribution is -2.35. The van der Waals surface area contributed by atoms with Gasteiger partial charge in [-0.3, -0.25) is 10.1 Å². The van der Waals surface area contributed by atoms with Gasteiger partial charge < -0.3 is 10.4 Å². The number of aliphatic hydroxyl groups excluding tert-OH is 1. The van der Waals surface area contributed by atoms with Crippen LogP contribution in [0.4, 0.5) is 11.4 Å². The fourth-order valence-electron chi connectivity index (χ4n) is 3.29. The molecule has 2 aromatic rings. The number of nitro benzene ring substituents is 1. The van der Waals surface area contributed by atoms with Gasteiger partial charge in [0.25, 0.3) is 5.69 Å². The molecule has 0 saturated carbocycles. The molecule has 8 nitrogen and oxygen atoms in total. The predicted molar refractivity (Wildman–Crippen MR) is 111 cm³/mol. The molecule has 3 rings (SSSR count). The van der Waals surface area contributed by atoms with E-state index in [1.165, 1.54) is 16.4 Å². The summed E-state index contributed by atoms with van der Waals surface area (Å²) >= 11 is 6.06. The van der Waals surface area contributed by atoms with Crippen LogP contribution in [0.2, 0.25) is 5.02 Å². The average Bonchev–Trinajstić information content (AvgIpc) is 2.72. The SMILES string of the molecule is O=[N+]([O-])c1cc(S(=O)(=O)N2CCCCC2)ccc1NCC(O)c1ccccc1Cl. The molecule has 156 valence electrons. The molecular formula is C19H22ClN3O5S. The van der Waals surface area contributed by atoms with Gasteiger partial charge in [0.15, 0.2) is 0 Å². The molecule has 2 N–H and O–H groups in total. The molecule has 1 aliphatic heterocycles. The molecule has 0 aromatic heterocycles. The maximum Gasteiger partial charge on any atom is 0.293 e. The number of rotatable bonds is 7. The van der Waals surface area contributed by atoms with Crippen molar-refractivity contribution in [3.05, 3.63) is 63.2 Å². The van der Waals surface area contributed by atoms with Gasteiger partial charge >= 0.3 is 0 Å². The summed E-state index contributed by atoms with van der Waals surface area (Å²) in [5.41, 5.74) is 0.252. The first-order valence-electron chi connectivity index (χ1n) is 9.25. The molecule has 1 atom stereocenters. The van der Waals surface area contributed by atoms with Crippen LogP contribution in [0.5, 0.6) is 0 Å². The lowest BCUT2D eigenvalue weighted by Gasteiger charge is -2.25. The maximum atomic E-state index is 12.8. The van der Waals surface area contributed by atoms with Crippen LogP contribution in [0.25, 0.3) is 0 Å². The summed E-state index contributed by atoms with van der Waals surface area (Å²) in [5, 5.41) is 25.1. The van der Waals surface area contributed by atoms with Crippen molar-refractivity contribution in [3.8, 4) is 0 Å². The largest absolute Gasteiger partial charge is 0.387 e. The van der Waals surface area contributed by atoms with Crippen molar-refractivity contribution < 1.29 is 18.4 Å². The van der Waals surface area contributed by atoms with E-state index in [9.17, 15) is 23.6 Å². The van der Waals surface area contributed by atoms with Crippen LogP contribution >= 0.6 is 11.6 Å². The maximum absolute atomic E-state index is 12.8. The number of sulfonamides is 1. The molecule has 2 aromatic carbocycles. The Bertz CT molecular complexity index is 993. The summed E-state index contributed by atoms with van der Waals surface area (Å²) in [7, 11) is -3.78. The van der Waals surface area contributed by atoms with Crippen molar-refractivity contribution in [2.75, 3.05) is 25.0 Å². The van der Waals surface area contributed by atoms with Gasteiger partial charge in [-0.25, -0.2) is 8.42 Å². The quantitative estimate of drug-likeness (QED) is 0.503. The van der Waals surface area contributed by atoms with Crippen LogP contribution in [0.15, 0.2) is 47.4 Å². The van der Waals surface area contributed by atoms with Crippen LogP contribution in [-0.4, -0.2) is 42.4 Å². The minimum absolute atomic E-state index is 0.0250. The zero-order valence-electron chi connectivity index (χ0n) is 15.6. The van der Waals surface area contributed by atoms with Crippen molar-refractivity contribution in [2.24, 2.45) is 0 Å². The van der Waals surface area contributed by atoms with Crippen LogP contribution in [0.3, 0.4) is 0 Å². The van der Waals surface area contributed by atoms with E-state index in [4.69, 9.17) is 11.6 Å². The van der Waals surface area contributed by atoms with Crippen LogP contribution in [0.1, 0.15) is 30.9 Å². The second kappa shape index (κ2) is 9.08. The number of anilines is 1. The summed E-state index contributed by atoms with van der Waals surface area (Å²) in [6.45, 7) is 0.809. The topological polar surface area (TPSA) is 113 Å². The summed E-state index contributed by atoms with van der Waals surface area (Å²) in [6, 6.07) is 10.5. The highest BCUT2D eigenvalue weighted by Gasteiger charge is 2.28. The summed E-state index contributed by atoms with van der Waals surface area (Å²) in [5.74, 6) is 0. The number of nitro groups is 1. The van der Waals surface area contributed by atoms with Gasteiger partial charge in [-0.05, 0) is 31.0 Å². The van der Waals surface area contributed by atoms with Crippen molar-refractivity contribution in [1.29, 1.82) is 0 Å². The first kappa shape index (κ1) is 21.5. The monoisotopic (exact) mass is 439 g/mol.